The molecule has 2 heterocycles. The molecule has 0 radical (unpaired) electrons. The van der Waals surface area contributed by atoms with Crippen LogP contribution in [0.1, 0.15) is 27.6 Å². The normalized spacial score (nSPS) is 13.8. The topological polar surface area (TPSA) is 80.0 Å². The fraction of sp³-hybridized carbons (Fsp3) is 0.308. The van der Waals surface area contributed by atoms with Crippen LogP contribution in [0.2, 0.25) is 0 Å². The molecule has 0 fully saturated rings. The molecule has 6 heteroatoms. The Morgan fingerprint density at radius 3 is 3.16 bits per heavy atom. The molecule has 0 bridgehead atoms. The van der Waals surface area contributed by atoms with E-state index in [1.54, 1.807) is 6.92 Å². The summed E-state index contributed by atoms with van der Waals surface area (Å²) in [6.07, 6.45) is 0.857. The zero-order valence-corrected chi connectivity index (χ0v) is 10.6. The van der Waals surface area contributed by atoms with E-state index in [2.05, 4.69) is 20.8 Å². The number of fused-ring (bicyclic) bond motifs is 1. The maximum atomic E-state index is 11.6. The van der Waals surface area contributed by atoms with Gasteiger partial charge < -0.3 is 15.2 Å². The van der Waals surface area contributed by atoms with E-state index in [1.165, 1.54) is 0 Å². The van der Waals surface area contributed by atoms with Gasteiger partial charge in [0.1, 0.15) is 0 Å². The summed E-state index contributed by atoms with van der Waals surface area (Å²) in [5, 5.41) is 9.77. The van der Waals surface area contributed by atoms with Crippen molar-refractivity contribution in [1.82, 2.24) is 15.5 Å². The van der Waals surface area contributed by atoms with Crippen molar-refractivity contribution in [3.63, 3.8) is 0 Å². The van der Waals surface area contributed by atoms with Crippen LogP contribution >= 0.6 is 0 Å². The number of carbonyl (C=O) groups excluding carboxylic acids is 1. The van der Waals surface area contributed by atoms with Gasteiger partial charge in [-0.05, 0) is 37.1 Å². The van der Waals surface area contributed by atoms with Crippen molar-refractivity contribution in [1.29, 1.82) is 0 Å². The molecule has 6 nitrogen and oxygen atoms in total. The monoisotopic (exact) mass is 258 g/mol. The van der Waals surface area contributed by atoms with E-state index in [0.717, 1.165) is 23.2 Å². The lowest BCUT2D eigenvalue weighted by atomic mass is 10.00. The van der Waals surface area contributed by atoms with Crippen molar-refractivity contribution in [2.24, 2.45) is 0 Å². The van der Waals surface area contributed by atoms with E-state index in [-0.39, 0.29) is 5.91 Å². The molecule has 19 heavy (non-hydrogen) atoms. The summed E-state index contributed by atoms with van der Waals surface area (Å²) in [6, 6.07) is 5.72. The summed E-state index contributed by atoms with van der Waals surface area (Å²) >= 11 is 0. The number of hydrogen-bond acceptors (Lipinski definition) is 5. The Labute approximate surface area is 110 Å². The van der Waals surface area contributed by atoms with Crippen LogP contribution in [0.5, 0.6) is 0 Å². The first-order chi connectivity index (χ1) is 9.22. The van der Waals surface area contributed by atoms with Crippen molar-refractivity contribution in [3.05, 3.63) is 41.0 Å². The van der Waals surface area contributed by atoms with E-state index in [4.69, 9.17) is 4.52 Å². The minimum absolute atomic E-state index is 0.000302. The predicted octanol–water partition coefficient (Wildman–Crippen LogP) is 1.28. The number of amides is 1. The Morgan fingerprint density at radius 1 is 1.47 bits per heavy atom. The summed E-state index contributed by atoms with van der Waals surface area (Å²) in [5.41, 5.74) is 2.77. The lowest BCUT2D eigenvalue weighted by molar-refractivity contribution is 0.0946. The lowest BCUT2D eigenvalue weighted by Gasteiger charge is -2.17. The molecular weight excluding hydrogens is 244 g/mol. The Bertz CT molecular complexity index is 621. The summed E-state index contributed by atoms with van der Waals surface area (Å²) in [7, 11) is 0. The Hall–Kier alpha value is -2.37. The van der Waals surface area contributed by atoms with Crippen LogP contribution in [-0.2, 0) is 13.0 Å². The highest BCUT2D eigenvalue weighted by molar-refractivity contribution is 5.97. The van der Waals surface area contributed by atoms with Gasteiger partial charge >= 0.3 is 0 Å². The van der Waals surface area contributed by atoms with Gasteiger partial charge in [0.2, 0.25) is 5.89 Å². The highest BCUT2D eigenvalue weighted by Crippen LogP contribution is 2.19. The van der Waals surface area contributed by atoms with Crippen molar-refractivity contribution in [3.8, 4) is 0 Å². The van der Waals surface area contributed by atoms with Gasteiger partial charge in [0.15, 0.2) is 5.82 Å². The molecule has 0 saturated heterocycles. The number of anilines is 1. The average molecular weight is 258 g/mol. The summed E-state index contributed by atoms with van der Waals surface area (Å²) in [4.78, 5) is 15.7. The summed E-state index contributed by atoms with van der Waals surface area (Å²) in [6.45, 7) is 2.95. The quantitative estimate of drug-likeness (QED) is 0.866. The molecule has 3 rings (SSSR count). The van der Waals surface area contributed by atoms with Gasteiger partial charge in [0.05, 0.1) is 6.54 Å². The van der Waals surface area contributed by atoms with Crippen molar-refractivity contribution in [2.45, 2.75) is 19.9 Å². The number of nitrogens with zero attached hydrogens (tertiary/aromatic N) is 2. The van der Waals surface area contributed by atoms with Crippen LogP contribution in [0.4, 0.5) is 5.69 Å². The van der Waals surface area contributed by atoms with Gasteiger partial charge in [0, 0.05) is 17.8 Å². The summed E-state index contributed by atoms with van der Waals surface area (Å²) < 4.78 is 5.03. The fourth-order valence-corrected chi connectivity index (χ4v) is 2.13. The smallest absolute Gasteiger partial charge is 0.251 e. The third-order valence-corrected chi connectivity index (χ3v) is 3.04. The molecule has 2 aromatic rings. The SMILES string of the molecule is Cc1noc(CNc2ccc3c(c2)CCNC3=O)n1. The number of aromatic nitrogens is 2. The third-order valence-electron chi connectivity index (χ3n) is 3.04. The number of hydrogen-bond donors (Lipinski definition) is 2. The van der Waals surface area contributed by atoms with Gasteiger partial charge in [-0.15, -0.1) is 0 Å². The van der Waals surface area contributed by atoms with Crippen LogP contribution in [0, 0.1) is 6.92 Å². The van der Waals surface area contributed by atoms with Gasteiger partial charge in [0.25, 0.3) is 5.91 Å². The minimum atomic E-state index is 0.000302. The number of carbonyl (C=O) groups is 1. The van der Waals surface area contributed by atoms with E-state index >= 15 is 0 Å². The first kappa shape index (κ1) is 11.7. The Morgan fingerprint density at radius 2 is 2.37 bits per heavy atom. The molecule has 0 saturated carbocycles. The van der Waals surface area contributed by atoms with Crippen molar-refractivity contribution >= 4 is 11.6 Å². The maximum Gasteiger partial charge on any atom is 0.251 e. The lowest BCUT2D eigenvalue weighted by Crippen LogP contribution is -2.31. The second-order valence-corrected chi connectivity index (χ2v) is 4.47. The van der Waals surface area contributed by atoms with E-state index in [1.807, 2.05) is 18.2 Å². The number of nitrogens with one attached hydrogen (secondary N) is 2. The largest absolute Gasteiger partial charge is 0.376 e. The van der Waals surface area contributed by atoms with Crippen LogP contribution in [0.25, 0.3) is 0 Å². The molecule has 2 N–H and O–H groups in total. The molecule has 0 aliphatic carbocycles. The fourth-order valence-electron chi connectivity index (χ4n) is 2.13. The molecule has 98 valence electrons. The number of rotatable bonds is 3. The molecule has 1 amide bonds. The number of aryl methyl sites for hydroxylation is 1. The van der Waals surface area contributed by atoms with E-state index in [0.29, 0.717) is 24.8 Å². The first-order valence-corrected chi connectivity index (χ1v) is 6.16. The van der Waals surface area contributed by atoms with Crippen molar-refractivity contribution in [2.75, 3.05) is 11.9 Å². The molecule has 1 aliphatic heterocycles. The predicted molar refractivity (Wildman–Crippen MR) is 68.8 cm³/mol. The second kappa shape index (κ2) is 4.72. The molecule has 0 unspecified atom stereocenters. The average Bonchev–Trinajstić information content (AvgIpc) is 2.82. The van der Waals surface area contributed by atoms with Gasteiger partial charge in [-0.1, -0.05) is 5.16 Å². The third kappa shape index (κ3) is 2.42. The second-order valence-electron chi connectivity index (χ2n) is 4.47. The van der Waals surface area contributed by atoms with Crippen LogP contribution < -0.4 is 10.6 Å². The van der Waals surface area contributed by atoms with Crippen LogP contribution in [-0.4, -0.2) is 22.6 Å². The zero-order chi connectivity index (χ0) is 13.2. The Kier molecular flexibility index (Phi) is 2.91. The van der Waals surface area contributed by atoms with Gasteiger partial charge in [-0.2, -0.15) is 4.98 Å². The minimum Gasteiger partial charge on any atom is -0.376 e. The highest BCUT2D eigenvalue weighted by atomic mass is 16.5. The standard InChI is InChI=1S/C13H14N4O2/c1-8-16-12(19-17-8)7-15-10-2-3-11-9(6-10)4-5-14-13(11)18/h2-3,6,15H,4-5,7H2,1H3,(H,14,18). The molecule has 1 aromatic heterocycles. The first-order valence-electron chi connectivity index (χ1n) is 6.16. The van der Waals surface area contributed by atoms with Crippen molar-refractivity contribution < 1.29 is 9.32 Å². The highest BCUT2D eigenvalue weighted by Gasteiger charge is 2.16. The van der Waals surface area contributed by atoms with Gasteiger partial charge in [-0.3, -0.25) is 4.79 Å². The number of benzene rings is 1. The molecule has 1 aromatic carbocycles. The van der Waals surface area contributed by atoms with E-state index < -0.39 is 0 Å². The maximum absolute atomic E-state index is 11.6. The van der Waals surface area contributed by atoms with Crippen LogP contribution in [0.3, 0.4) is 0 Å². The van der Waals surface area contributed by atoms with Gasteiger partial charge in [-0.25, -0.2) is 0 Å². The molecular formula is C13H14N4O2. The molecule has 1 aliphatic rings. The Balaban J connectivity index is 1.73. The van der Waals surface area contributed by atoms with Crippen LogP contribution in [0.15, 0.2) is 22.7 Å². The zero-order valence-electron chi connectivity index (χ0n) is 10.6. The van der Waals surface area contributed by atoms with E-state index in [9.17, 15) is 4.79 Å². The summed E-state index contributed by atoms with van der Waals surface area (Å²) in [5.74, 6) is 1.17. The molecule has 0 spiro atoms. The molecule has 0 atom stereocenters.